The molecule has 2 aliphatic carbocycles. The van der Waals surface area contributed by atoms with Gasteiger partial charge in [0.25, 0.3) is 0 Å². The summed E-state index contributed by atoms with van der Waals surface area (Å²) >= 11 is 0. The van der Waals surface area contributed by atoms with Gasteiger partial charge in [0.1, 0.15) is 6.10 Å². The van der Waals surface area contributed by atoms with Gasteiger partial charge in [0.05, 0.1) is 0 Å². The molecule has 0 N–H and O–H groups in total. The van der Waals surface area contributed by atoms with Crippen LogP contribution >= 0.6 is 0 Å². The molecule has 2 heteroatoms. The van der Waals surface area contributed by atoms with E-state index in [1.54, 1.807) is 0 Å². The fourth-order valence-electron chi connectivity index (χ4n) is 3.60. The maximum Gasteiger partial charge on any atom is 0.333 e. The topological polar surface area (TPSA) is 26.3 Å². The average molecular weight is 192 g/mol. The Labute approximate surface area is 84.3 Å². The summed E-state index contributed by atoms with van der Waals surface area (Å²) in [6.07, 6.45) is 7.11. The molecule has 0 aromatic rings. The molecule has 0 spiro atoms. The van der Waals surface area contributed by atoms with Crippen LogP contribution in [0.2, 0.25) is 0 Å². The van der Waals surface area contributed by atoms with E-state index in [1.807, 2.05) is 13.0 Å². The molecule has 3 rings (SSSR count). The van der Waals surface area contributed by atoms with Crippen LogP contribution in [0, 0.1) is 17.8 Å². The summed E-state index contributed by atoms with van der Waals surface area (Å²) in [7, 11) is 0. The first kappa shape index (κ1) is 8.51. The molecule has 4 atom stereocenters. The van der Waals surface area contributed by atoms with Crippen molar-refractivity contribution in [3.8, 4) is 0 Å². The van der Waals surface area contributed by atoms with Crippen LogP contribution in [-0.4, -0.2) is 12.1 Å². The third kappa shape index (κ3) is 0.999. The highest BCUT2D eigenvalue weighted by Crippen LogP contribution is 2.53. The summed E-state index contributed by atoms with van der Waals surface area (Å²) in [6, 6.07) is 0. The minimum atomic E-state index is -0.0544. The van der Waals surface area contributed by atoms with Gasteiger partial charge in [-0.05, 0) is 44.4 Å². The molecule has 14 heavy (non-hydrogen) atoms. The Balaban J connectivity index is 1.87. The van der Waals surface area contributed by atoms with Crippen LogP contribution in [0.15, 0.2) is 11.6 Å². The number of fused-ring (bicyclic) bond motifs is 5. The number of hydrogen-bond acceptors (Lipinski definition) is 2. The monoisotopic (exact) mass is 192 g/mol. The van der Waals surface area contributed by atoms with E-state index in [1.165, 1.54) is 19.3 Å². The van der Waals surface area contributed by atoms with Gasteiger partial charge in [0.2, 0.25) is 0 Å². The Morgan fingerprint density at radius 1 is 1.36 bits per heavy atom. The van der Waals surface area contributed by atoms with Gasteiger partial charge in [-0.15, -0.1) is 0 Å². The van der Waals surface area contributed by atoms with Gasteiger partial charge < -0.3 is 4.74 Å². The summed E-state index contributed by atoms with van der Waals surface area (Å²) in [5.74, 6) is 2.12. The molecule has 1 saturated heterocycles. The molecular weight excluding hydrogens is 176 g/mol. The van der Waals surface area contributed by atoms with Crippen LogP contribution in [0.1, 0.15) is 32.6 Å². The van der Waals surface area contributed by atoms with Crippen molar-refractivity contribution in [3.63, 3.8) is 0 Å². The average Bonchev–Trinajstić information content (AvgIpc) is 2.77. The highest BCUT2D eigenvalue weighted by molar-refractivity contribution is 5.89. The molecule has 0 aromatic carbocycles. The zero-order valence-corrected chi connectivity index (χ0v) is 8.53. The van der Waals surface area contributed by atoms with E-state index < -0.39 is 0 Å². The lowest BCUT2D eigenvalue weighted by Gasteiger charge is -2.35. The van der Waals surface area contributed by atoms with Gasteiger partial charge in [-0.2, -0.15) is 0 Å². The second-order valence-corrected chi connectivity index (χ2v) is 4.89. The van der Waals surface area contributed by atoms with E-state index in [4.69, 9.17) is 4.74 Å². The lowest BCUT2D eigenvalue weighted by atomic mass is 9.80. The van der Waals surface area contributed by atoms with Crippen LogP contribution in [0.4, 0.5) is 0 Å². The maximum absolute atomic E-state index is 11.6. The zero-order valence-electron chi connectivity index (χ0n) is 8.53. The van der Waals surface area contributed by atoms with Crippen molar-refractivity contribution in [2.24, 2.45) is 17.8 Å². The first-order valence-corrected chi connectivity index (χ1v) is 5.65. The first-order valence-electron chi connectivity index (χ1n) is 5.65. The van der Waals surface area contributed by atoms with Crippen molar-refractivity contribution in [1.29, 1.82) is 0 Å². The van der Waals surface area contributed by atoms with E-state index in [2.05, 4.69) is 0 Å². The fourth-order valence-corrected chi connectivity index (χ4v) is 3.60. The van der Waals surface area contributed by atoms with Crippen molar-refractivity contribution in [1.82, 2.24) is 0 Å². The van der Waals surface area contributed by atoms with Crippen LogP contribution < -0.4 is 0 Å². The number of allylic oxidation sites excluding steroid dienone is 1. The van der Waals surface area contributed by atoms with Crippen LogP contribution in [0.25, 0.3) is 0 Å². The SMILES string of the molecule is C/C=C1/CC2C3CCC(C3)C2OC1=O. The number of carbonyl (C=O) groups excluding carboxylic acids is 1. The molecule has 0 radical (unpaired) electrons. The summed E-state index contributed by atoms with van der Waals surface area (Å²) in [5, 5.41) is 0. The predicted molar refractivity (Wildman–Crippen MR) is 52.6 cm³/mol. The predicted octanol–water partition coefficient (Wildman–Crippen LogP) is 2.29. The second kappa shape index (κ2) is 2.85. The maximum atomic E-state index is 11.6. The van der Waals surface area contributed by atoms with Crippen LogP contribution in [0.3, 0.4) is 0 Å². The molecule has 2 nitrogen and oxygen atoms in total. The highest BCUT2D eigenvalue weighted by atomic mass is 16.5. The van der Waals surface area contributed by atoms with Crippen molar-refractivity contribution in [3.05, 3.63) is 11.6 Å². The molecule has 3 aliphatic rings. The van der Waals surface area contributed by atoms with Gasteiger partial charge in [0.15, 0.2) is 0 Å². The number of carbonyl (C=O) groups is 1. The normalized spacial score (nSPS) is 48.1. The number of hydrogen-bond donors (Lipinski definition) is 0. The molecule has 76 valence electrons. The molecule has 2 bridgehead atoms. The number of ether oxygens (including phenoxy) is 1. The van der Waals surface area contributed by atoms with Crippen molar-refractivity contribution < 1.29 is 9.53 Å². The van der Waals surface area contributed by atoms with Crippen molar-refractivity contribution in [2.75, 3.05) is 0 Å². The lowest BCUT2D eigenvalue weighted by molar-refractivity contribution is -0.154. The highest BCUT2D eigenvalue weighted by Gasteiger charge is 2.52. The molecule has 2 saturated carbocycles. The standard InChI is InChI=1S/C12H16O2/c1-2-7-6-10-8-3-4-9(5-8)11(10)14-12(7)13/h2,8-11H,3-6H2,1H3/b7-2-. The Hall–Kier alpha value is -0.790. The molecule has 4 unspecified atom stereocenters. The fraction of sp³-hybridized carbons (Fsp3) is 0.750. The first-order chi connectivity index (χ1) is 6.79. The largest absolute Gasteiger partial charge is 0.458 e. The van der Waals surface area contributed by atoms with Gasteiger partial charge in [0, 0.05) is 11.5 Å². The van der Waals surface area contributed by atoms with Gasteiger partial charge in [-0.25, -0.2) is 4.79 Å². The zero-order chi connectivity index (χ0) is 9.71. The van der Waals surface area contributed by atoms with Crippen molar-refractivity contribution >= 4 is 5.97 Å². The smallest absolute Gasteiger partial charge is 0.333 e. The van der Waals surface area contributed by atoms with E-state index in [0.717, 1.165) is 17.9 Å². The Bertz CT molecular complexity index is 305. The summed E-state index contributed by atoms with van der Waals surface area (Å²) in [4.78, 5) is 11.6. The molecule has 0 aromatic heterocycles. The lowest BCUT2D eigenvalue weighted by Crippen LogP contribution is -2.38. The molecular formula is C12H16O2. The Morgan fingerprint density at radius 2 is 2.14 bits per heavy atom. The minimum absolute atomic E-state index is 0.0544. The van der Waals surface area contributed by atoms with Gasteiger partial charge in [-0.3, -0.25) is 0 Å². The quantitative estimate of drug-likeness (QED) is 0.435. The third-order valence-corrected chi connectivity index (χ3v) is 4.32. The summed E-state index contributed by atoms with van der Waals surface area (Å²) < 4.78 is 5.54. The van der Waals surface area contributed by atoms with Crippen molar-refractivity contribution in [2.45, 2.75) is 38.7 Å². The van der Waals surface area contributed by atoms with Crippen LogP contribution in [-0.2, 0) is 9.53 Å². The molecule has 3 fully saturated rings. The van der Waals surface area contributed by atoms with E-state index in [0.29, 0.717) is 11.8 Å². The van der Waals surface area contributed by atoms with Crippen LogP contribution in [0.5, 0.6) is 0 Å². The molecule has 1 aliphatic heterocycles. The summed E-state index contributed by atoms with van der Waals surface area (Å²) in [5.41, 5.74) is 0.902. The molecule has 0 amide bonds. The van der Waals surface area contributed by atoms with E-state index in [9.17, 15) is 4.79 Å². The number of rotatable bonds is 0. The Morgan fingerprint density at radius 3 is 2.93 bits per heavy atom. The van der Waals surface area contributed by atoms with E-state index >= 15 is 0 Å². The number of esters is 1. The molecule has 1 heterocycles. The van der Waals surface area contributed by atoms with E-state index in [-0.39, 0.29) is 12.1 Å². The Kier molecular flexibility index (Phi) is 1.73. The second-order valence-electron chi connectivity index (χ2n) is 4.89. The minimum Gasteiger partial charge on any atom is -0.458 e. The van der Waals surface area contributed by atoms with Gasteiger partial charge in [-0.1, -0.05) is 6.08 Å². The third-order valence-electron chi connectivity index (χ3n) is 4.32. The summed E-state index contributed by atoms with van der Waals surface area (Å²) in [6.45, 7) is 1.93. The van der Waals surface area contributed by atoms with Gasteiger partial charge >= 0.3 is 5.97 Å².